The Hall–Kier alpha value is -1.52. The molecule has 1 rings (SSSR count). The number of carbonyl (C=O) groups excluding carboxylic acids is 2. The normalized spacial score (nSPS) is 22.2. The summed E-state index contributed by atoms with van der Waals surface area (Å²) in [5.41, 5.74) is 0. The molecule has 0 fully saturated rings. The minimum atomic E-state index is -0.642. The molecule has 0 saturated heterocycles. The van der Waals surface area contributed by atoms with Gasteiger partial charge < -0.3 is 14.8 Å². The molecule has 0 aliphatic heterocycles. The number of rotatable bonds is 5. The van der Waals surface area contributed by atoms with Gasteiger partial charge >= 0.3 is 6.16 Å². The topological polar surface area (TPSA) is 64.6 Å². The predicted molar refractivity (Wildman–Crippen MR) is 62.5 cm³/mol. The maximum absolute atomic E-state index is 11.2. The molecule has 2 atom stereocenters. The second-order valence-electron chi connectivity index (χ2n) is 4.04. The minimum absolute atomic E-state index is 0.0547. The fourth-order valence-corrected chi connectivity index (χ4v) is 1.58. The quantitative estimate of drug-likeness (QED) is 0.452. The fourth-order valence-electron chi connectivity index (χ4n) is 1.58. The number of amides is 1. The number of ether oxygens (including phenoxy) is 2. The first-order chi connectivity index (χ1) is 8.11. The summed E-state index contributed by atoms with van der Waals surface area (Å²) in [6.07, 6.45) is 5.03. The number of nitrogens with one attached hydrogen (secondary N) is 1. The fraction of sp³-hybridized carbons (Fsp3) is 0.667. The Morgan fingerprint density at radius 2 is 2.18 bits per heavy atom. The maximum Gasteiger partial charge on any atom is 0.508 e. The van der Waals surface area contributed by atoms with Gasteiger partial charge in [-0.3, -0.25) is 4.79 Å². The van der Waals surface area contributed by atoms with Crippen LogP contribution in [0, 0.1) is 0 Å². The predicted octanol–water partition coefficient (Wildman–Crippen LogP) is 1.77. The third kappa shape index (κ3) is 5.38. The zero-order chi connectivity index (χ0) is 12.7. The standard InChI is InChI=1S/C12H19NO4/c1-3-4-7-16-12(15)17-11-6-5-10(8-11)13-9(2)14/h5-6,10-11H,3-4,7-8H2,1-2H3,(H,13,14)/t10-,11+/m0/s1. The van der Waals surface area contributed by atoms with E-state index in [1.165, 1.54) is 6.92 Å². The van der Waals surface area contributed by atoms with Crippen LogP contribution in [0.5, 0.6) is 0 Å². The van der Waals surface area contributed by atoms with Crippen LogP contribution in [0.15, 0.2) is 12.2 Å². The molecule has 0 spiro atoms. The highest BCUT2D eigenvalue weighted by Gasteiger charge is 2.23. The number of hydrogen-bond acceptors (Lipinski definition) is 4. The molecule has 1 amide bonds. The lowest BCUT2D eigenvalue weighted by Gasteiger charge is -2.13. The first-order valence-corrected chi connectivity index (χ1v) is 5.90. The maximum atomic E-state index is 11.2. The molecule has 1 aliphatic carbocycles. The minimum Gasteiger partial charge on any atom is -0.434 e. The Kier molecular flexibility index (Phi) is 5.52. The summed E-state index contributed by atoms with van der Waals surface area (Å²) in [5.74, 6) is -0.0918. The van der Waals surface area contributed by atoms with E-state index in [1.54, 1.807) is 6.08 Å². The molecule has 5 heteroatoms. The van der Waals surface area contributed by atoms with Crippen molar-refractivity contribution in [3.63, 3.8) is 0 Å². The molecule has 0 saturated carbocycles. The van der Waals surface area contributed by atoms with Crippen molar-refractivity contribution in [2.75, 3.05) is 6.61 Å². The van der Waals surface area contributed by atoms with E-state index in [-0.39, 0.29) is 18.1 Å². The summed E-state index contributed by atoms with van der Waals surface area (Å²) in [6, 6.07) is -0.0547. The lowest BCUT2D eigenvalue weighted by atomic mass is 10.2. The Balaban J connectivity index is 2.19. The smallest absolute Gasteiger partial charge is 0.434 e. The second kappa shape index (κ2) is 6.93. The Labute approximate surface area is 101 Å². The molecule has 0 aromatic heterocycles. The van der Waals surface area contributed by atoms with E-state index < -0.39 is 6.16 Å². The van der Waals surface area contributed by atoms with Crippen LogP contribution in [0.4, 0.5) is 4.79 Å². The Morgan fingerprint density at radius 1 is 1.41 bits per heavy atom. The molecule has 96 valence electrons. The van der Waals surface area contributed by atoms with Crippen molar-refractivity contribution in [3.05, 3.63) is 12.2 Å². The SMILES string of the molecule is CCCCOC(=O)O[C@@H]1C=C[C@H](NC(C)=O)C1. The molecule has 0 heterocycles. The van der Waals surface area contributed by atoms with Gasteiger partial charge in [0.15, 0.2) is 0 Å². The first-order valence-electron chi connectivity index (χ1n) is 5.90. The van der Waals surface area contributed by atoms with Crippen LogP contribution in [0.3, 0.4) is 0 Å². The number of hydrogen-bond donors (Lipinski definition) is 1. The van der Waals surface area contributed by atoms with Gasteiger partial charge in [0.05, 0.1) is 12.6 Å². The second-order valence-corrected chi connectivity index (χ2v) is 4.04. The van der Waals surface area contributed by atoms with Crippen LogP contribution in [-0.4, -0.2) is 30.8 Å². The molecular formula is C12H19NO4. The van der Waals surface area contributed by atoms with Gasteiger partial charge in [-0.15, -0.1) is 0 Å². The molecular weight excluding hydrogens is 222 g/mol. The summed E-state index contributed by atoms with van der Waals surface area (Å²) >= 11 is 0. The average Bonchev–Trinajstić information content (AvgIpc) is 2.64. The van der Waals surface area contributed by atoms with Crippen molar-refractivity contribution in [1.29, 1.82) is 0 Å². The molecule has 0 aromatic rings. The zero-order valence-electron chi connectivity index (χ0n) is 10.3. The monoisotopic (exact) mass is 241 g/mol. The van der Waals surface area contributed by atoms with E-state index in [9.17, 15) is 9.59 Å². The third-order valence-corrected chi connectivity index (χ3v) is 2.40. The molecule has 0 bridgehead atoms. The van der Waals surface area contributed by atoms with Crippen molar-refractivity contribution in [1.82, 2.24) is 5.32 Å². The van der Waals surface area contributed by atoms with Crippen molar-refractivity contribution in [2.24, 2.45) is 0 Å². The van der Waals surface area contributed by atoms with Crippen LogP contribution >= 0.6 is 0 Å². The van der Waals surface area contributed by atoms with Gasteiger partial charge in [0, 0.05) is 13.3 Å². The van der Waals surface area contributed by atoms with E-state index in [2.05, 4.69) is 5.32 Å². The largest absolute Gasteiger partial charge is 0.508 e. The van der Waals surface area contributed by atoms with Crippen LogP contribution in [0.2, 0.25) is 0 Å². The van der Waals surface area contributed by atoms with Crippen molar-refractivity contribution in [2.45, 2.75) is 45.3 Å². The van der Waals surface area contributed by atoms with Crippen molar-refractivity contribution in [3.8, 4) is 0 Å². The van der Waals surface area contributed by atoms with Crippen LogP contribution in [0.1, 0.15) is 33.1 Å². The molecule has 0 aromatic carbocycles. The third-order valence-electron chi connectivity index (χ3n) is 2.40. The van der Waals surface area contributed by atoms with Gasteiger partial charge in [0.1, 0.15) is 6.10 Å². The van der Waals surface area contributed by atoms with Gasteiger partial charge in [-0.2, -0.15) is 0 Å². The van der Waals surface area contributed by atoms with E-state index in [0.29, 0.717) is 13.0 Å². The number of carbonyl (C=O) groups is 2. The highest BCUT2D eigenvalue weighted by molar-refractivity contribution is 5.73. The van der Waals surface area contributed by atoms with Gasteiger partial charge in [-0.25, -0.2) is 4.79 Å². The molecule has 0 unspecified atom stereocenters. The summed E-state index contributed by atoms with van der Waals surface area (Å²) in [7, 11) is 0. The van der Waals surface area contributed by atoms with Crippen molar-refractivity contribution >= 4 is 12.1 Å². The van der Waals surface area contributed by atoms with E-state index >= 15 is 0 Å². The summed E-state index contributed by atoms with van der Waals surface area (Å²) in [4.78, 5) is 22.1. The lowest BCUT2D eigenvalue weighted by molar-refractivity contribution is -0.119. The number of unbranched alkanes of at least 4 members (excludes halogenated alkanes) is 1. The van der Waals surface area contributed by atoms with Crippen molar-refractivity contribution < 1.29 is 19.1 Å². The molecule has 17 heavy (non-hydrogen) atoms. The van der Waals surface area contributed by atoms with Gasteiger partial charge in [0.25, 0.3) is 0 Å². The molecule has 1 aliphatic rings. The van der Waals surface area contributed by atoms with Crippen LogP contribution in [0.25, 0.3) is 0 Å². The first kappa shape index (κ1) is 13.5. The summed E-state index contributed by atoms with van der Waals surface area (Å²) in [5, 5.41) is 2.74. The van der Waals surface area contributed by atoms with Gasteiger partial charge in [-0.05, 0) is 12.5 Å². The average molecular weight is 241 g/mol. The van der Waals surface area contributed by atoms with Gasteiger partial charge in [0.2, 0.25) is 5.91 Å². The highest BCUT2D eigenvalue weighted by Crippen LogP contribution is 2.15. The van der Waals surface area contributed by atoms with E-state index in [4.69, 9.17) is 9.47 Å². The van der Waals surface area contributed by atoms with E-state index in [1.807, 2.05) is 13.0 Å². The highest BCUT2D eigenvalue weighted by atomic mass is 16.7. The van der Waals surface area contributed by atoms with Crippen LogP contribution in [-0.2, 0) is 14.3 Å². The summed E-state index contributed by atoms with van der Waals surface area (Å²) < 4.78 is 9.95. The van der Waals surface area contributed by atoms with Gasteiger partial charge in [-0.1, -0.05) is 19.4 Å². The summed E-state index contributed by atoms with van der Waals surface area (Å²) in [6.45, 7) is 3.87. The Bertz CT molecular complexity index is 301. The Morgan fingerprint density at radius 3 is 2.82 bits per heavy atom. The molecule has 1 N–H and O–H groups in total. The zero-order valence-corrected chi connectivity index (χ0v) is 10.3. The van der Waals surface area contributed by atoms with E-state index in [0.717, 1.165) is 12.8 Å². The molecule has 0 radical (unpaired) electrons. The molecule has 5 nitrogen and oxygen atoms in total. The van der Waals surface area contributed by atoms with Crippen LogP contribution < -0.4 is 5.32 Å². The lowest BCUT2D eigenvalue weighted by Crippen LogP contribution is -2.31.